The maximum atomic E-state index is 10.2. The van der Waals surface area contributed by atoms with E-state index in [0.717, 1.165) is 5.69 Å². The zero-order chi connectivity index (χ0) is 18.7. The van der Waals surface area contributed by atoms with Crippen molar-refractivity contribution in [3.8, 4) is 6.07 Å². The first-order chi connectivity index (χ1) is 13.2. The van der Waals surface area contributed by atoms with E-state index in [1.54, 1.807) is 0 Å². The van der Waals surface area contributed by atoms with Gasteiger partial charge in [-0.3, -0.25) is 0 Å². The molecule has 0 spiro atoms. The molecule has 0 amide bonds. The number of para-hydroxylation sites is 1. The molecule has 3 nitrogen and oxygen atoms in total. The largest absolute Gasteiger partial charge is 0.337 e. The second-order valence-electron chi connectivity index (χ2n) is 7.22. The molecule has 1 heterocycles. The van der Waals surface area contributed by atoms with Crippen LogP contribution in [0.25, 0.3) is 0 Å². The van der Waals surface area contributed by atoms with Crippen LogP contribution in [0.15, 0.2) is 91.0 Å². The summed E-state index contributed by atoms with van der Waals surface area (Å²) in [6.07, 6.45) is 0. The standard InChI is InChI=1S/C24H23N3/c1-23(20-11-5-2-6-12-20,21-13-7-3-8-14-21)27(22-15-9-4-10-16-22)24(17-25)18-26-19-24/h2-16,26H,18-19H2,1H3. The molecule has 0 radical (unpaired) electrons. The minimum atomic E-state index is -0.595. The summed E-state index contributed by atoms with van der Waals surface area (Å²) in [6.45, 7) is 3.52. The Morgan fingerprint density at radius 2 is 1.26 bits per heavy atom. The second kappa shape index (κ2) is 6.90. The fraction of sp³-hybridized carbons (Fsp3) is 0.208. The lowest BCUT2D eigenvalue weighted by molar-refractivity contribution is 0.281. The van der Waals surface area contributed by atoms with Gasteiger partial charge in [-0.15, -0.1) is 0 Å². The lowest BCUT2D eigenvalue weighted by atomic mass is 9.77. The maximum absolute atomic E-state index is 10.2. The molecule has 1 aliphatic rings. The molecule has 0 aliphatic carbocycles. The Morgan fingerprint density at radius 1 is 0.815 bits per heavy atom. The summed E-state index contributed by atoms with van der Waals surface area (Å²) in [5.41, 5.74) is 2.31. The van der Waals surface area contributed by atoms with Gasteiger partial charge in [0.2, 0.25) is 0 Å². The molecular weight excluding hydrogens is 330 g/mol. The van der Waals surface area contributed by atoms with Crippen molar-refractivity contribution in [3.05, 3.63) is 102 Å². The molecule has 0 unspecified atom stereocenters. The zero-order valence-corrected chi connectivity index (χ0v) is 15.5. The van der Waals surface area contributed by atoms with Crippen molar-refractivity contribution in [1.29, 1.82) is 5.26 Å². The minimum Gasteiger partial charge on any atom is -0.337 e. The third-order valence-electron chi connectivity index (χ3n) is 5.60. The Labute approximate surface area is 160 Å². The third kappa shape index (κ3) is 2.79. The number of hydrogen-bond acceptors (Lipinski definition) is 3. The van der Waals surface area contributed by atoms with E-state index >= 15 is 0 Å². The van der Waals surface area contributed by atoms with Crippen LogP contribution in [0.1, 0.15) is 18.1 Å². The summed E-state index contributed by atoms with van der Waals surface area (Å²) in [5.74, 6) is 0. The molecular formula is C24H23N3. The average molecular weight is 353 g/mol. The first-order valence-electron chi connectivity index (χ1n) is 9.29. The van der Waals surface area contributed by atoms with Crippen LogP contribution in [-0.4, -0.2) is 18.6 Å². The van der Waals surface area contributed by atoms with Crippen LogP contribution in [0.5, 0.6) is 0 Å². The molecule has 134 valence electrons. The predicted molar refractivity (Wildman–Crippen MR) is 109 cm³/mol. The maximum Gasteiger partial charge on any atom is 0.153 e. The molecule has 1 N–H and O–H groups in total. The van der Waals surface area contributed by atoms with Gasteiger partial charge in [0.15, 0.2) is 5.54 Å². The van der Waals surface area contributed by atoms with Crippen molar-refractivity contribution in [2.75, 3.05) is 18.0 Å². The van der Waals surface area contributed by atoms with Gasteiger partial charge in [0.25, 0.3) is 0 Å². The average Bonchev–Trinajstić information content (AvgIpc) is 2.72. The van der Waals surface area contributed by atoms with Crippen LogP contribution in [0, 0.1) is 11.3 Å². The lowest BCUT2D eigenvalue weighted by Gasteiger charge is -2.55. The zero-order valence-electron chi connectivity index (χ0n) is 15.5. The Morgan fingerprint density at radius 3 is 1.63 bits per heavy atom. The highest BCUT2D eigenvalue weighted by Crippen LogP contribution is 2.44. The van der Waals surface area contributed by atoms with E-state index in [0.29, 0.717) is 13.1 Å². The number of hydrogen-bond donors (Lipinski definition) is 1. The first kappa shape index (κ1) is 17.3. The minimum absolute atomic E-state index is 0.484. The van der Waals surface area contributed by atoms with Gasteiger partial charge in [0, 0.05) is 18.8 Å². The lowest BCUT2D eigenvalue weighted by Crippen LogP contribution is -2.72. The van der Waals surface area contributed by atoms with Crippen LogP contribution >= 0.6 is 0 Å². The summed E-state index contributed by atoms with van der Waals surface area (Å²) < 4.78 is 0. The highest BCUT2D eigenvalue weighted by atomic mass is 15.3. The van der Waals surface area contributed by atoms with Gasteiger partial charge in [-0.05, 0) is 30.2 Å². The normalized spacial score (nSPS) is 15.4. The molecule has 1 saturated heterocycles. The van der Waals surface area contributed by atoms with Crippen LogP contribution < -0.4 is 10.2 Å². The van der Waals surface area contributed by atoms with Gasteiger partial charge >= 0.3 is 0 Å². The predicted octanol–water partition coefficient (Wildman–Crippen LogP) is 4.32. The number of nitrogens with one attached hydrogen (secondary N) is 1. The van der Waals surface area contributed by atoms with Crippen LogP contribution in [0.2, 0.25) is 0 Å². The van der Waals surface area contributed by atoms with Crippen molar-refractivity contribution in [1.82, 2.24) is 5.32 Å². The SMILES string of the molecule is CC(c1ccccc1)(c1ccccc1)N(c1ccccc1)C1(C#N)CNC1. The van der Waals surface area contributed by atoms with E-state index < -0.39 is 11.1 Å². The van der Waals surface area contributed by atoms with Gasteiger partial charge in [0.05, 0.1) is 11.6 Å². The highest BCUT2D eigenvalue weighted by molar-refractivity contribution is 5.61. The van der Waals surface area contributed by atoms with E-state index in [9.17, 15) is 5.26 Å². The summed E-state index contributed by atoms with van der Waals surface area (Å²) in [7, 11) is 0. The van der Waals surface area contributed by atoms with Gasteiger partial charge in [-0.2, -0.15) is 5.26 Å². The smallest absolute Gasteiger partial charge is 0.153 e. The van der Waals surface area contributed by atoms with Gasteiger partial charge in [-0.25, -0.2) is 0 Å². The van der Waals surface area contributed by atoms with Gasteiger partial charge in [-0.1, -0.05) is 78.9 Å². The quantitative estimate of drug-likeness (QED) is 0.742. The molecule has 0 saturated carbocycles. The number of benzene rings is 3. The van der Waals surface area contributed by atoms with Crippen molar-refractivity contribution >= 4 is 5.69 Å². The molecule has 0 bridgehead atoms. The molecule has 27 heavy (non-hydrogen) atoms. The Bertz CT molecular complexity index is 886. The molecule has 3 aromatic carbocycles. The molecule has 0 atom stereocenters. The van der Waals surface area contributed by atoms with Gasteiger partial charge in [0.1, 0.15) is 0 Å². The van der Waals surface area contributed by atoms with E-state index in [1.165, 1.54) is 11.1 Å². The Hall–Kier alpha value is -3.09. The molecule has 1 fully saturated rings. The first-order valence-corrected chi connectivity index (χ1v) is 9.29. The summed E-state index contributed by atoms with van der Waals surface area (Å²) in [4.78, 5) is 2.31. The number of nitrogens with zero attached hydrogens (tertiary/aromatic N) is 2. The molecule has 0 aromatic heterocycles. The number of anilines is 1. The van der Waals surface area contributed by atoms with Crippen molar-refractivity contribution in [2.24, 2.45) is 0 Å². The van der Waals surface area contributed by atoms with E-state index in [1.807, 2.05) is 30.3 Å². The third-order valence-corrected chi connectivity index (χ3v) is 5.60. The van der Waals surface area contributed by atoms with Crippen LogP contribution in [0.3, 0.4) is 0 Å². The fourth-order valence-corrected chi connectivity index (χ4v) is 4.11. The summed E-state index contributed by atoms with van der Waals surface area (Å²) in [5, 5.41) is 13.5. The topological polar surface area (TPSA) is 39.1 Å². The molecule has 3 aromatic rings. The fourth-order valence-electron chi connectivity index (χ4n) is 4.11. The van der Waals surface area contributed by atoms with Crippen LogP contribution in [0.4, 0.5) is 5.69 Å². The molecule has 3 heteroatoms. The van der Waals surface area contributed by atoms with Crippen molar-refractivity contribution in [3.63, 3.8) is 0 Å². The van der Waals surface area contributed by atoms with Gasteiger partial charge < -0.3 is 10.2 Å². The monoisotopic (exact) mass is 353 g/mol. The summed E-state index contributed by atoms with van der Waals surface area (Å²) in [6, 6.07) is 33.9. The summed E-state index contributed by atoms with van der Waals surface area (Å²) >= 11 is 0. The second-order valence-corrected chi connectivity index (χ2v) is 7.22. The number of nitriles is 1. The Kier molecular flexibility index (Phi) is 4.43. The highest BCUT2D eigenvalue weighted by Gasteiger charge is 2.52. The van der Waals surface area contributed by atoms with Crippen molar-refractivity contribution in [2.45, 2.75) is 18.0 Å². The molecule has 1 aliphatic heterocycles. The van der Waals surface area contributed by atoms with Crippen LogP contribution in [-0.2, 0) is 5.54 Å². The molecule has 4 rings (SSSR count). The van der Waals surface area contributed by atoms with E-state index in [-0.39, 0.29) is 0 Å². The Balaban J connectivity index is 2.00. The van der Waals surface area contributed by atoms with Crippen molar-refractivity contribution < 1.29 is 0 Å². The number of rotatable bonds is 5. The van der Waals surface area contributed by atoms with E-state index in [2.05, 4.69) is 83.9 Å². The van der Waals surface area contributed by atoms with E-state index in [4.69, 9.17) is 0 Å².